The third kappa shape index (κ3) is 4.81. The fraction of sp³-hybridized carbons (Fsp3) is 0.333. The van der Waals surface area contributed by atoms with Gasteiger partial charge in [-0.15, -0.1) is 11.3 Å². The number of fused-ring (bicyclic) bond motifs is 1. The lowest BCUT2D eigenvalue weighted by atomic mass is 9.71. The molecule has 1 aromatic heterocycles. The lowest BCUT2D eigenvalue weighted by Crippen LogP contribution is -2.40. The highest BCUT2D eigenvalue weighted by Gasteiger charge is 2.43. The fourth-order valence-electron chi connectivity index (χ4n) is 4.02. The number of carboxylic acids is 1. The summed E-state index contributed by atoms with van der Waals surface area (Å²) in [5.41, 5.74) is 4.60. The van der Waals surface area contributed by atoms with E-state index in [1.165, 1.54) is 11.3 Å². The number of imide groups is 1. The van der Waals surface area contributed by atoms with Crippen molar-refractivity contribution in [3.8, 4) is 0 Å². The van der Waals surface area contributed by atoms with Crippen LogP contribution in [0.2, 0.25) is 5.02 Å². The number of ketones is 1. The Morgan fingerprint density at radius 1 is 1.29 bits per heavy atom. The molecule has 0 saturated heterocycles. The second-order valence-electron chi connectivity index (χ2n) is 8.34. The van der Waals surface area contributed by atoms with Gasteiger partial charge in [0.15, 0.2) is 0 Å². The molecule has 8 nitrogen and oxygen atoms in total. The van der Waals surface area contributed by atoms with Gasteiger partial charge in [0.25, 0.3) is 5.91 Å². The lowest BCUT2D eigenvalue weighted by Gasteiger charge is -2.34. The zero-order chi connectivity index (χ0) is 26.1. The van der Waals surface area contributed by atoms with Gasteiger partial charge in [0.2, 0.25) is 5.78 Å². The summed E-state index contributed by atoms with van der Waals surface area (Å²) in [6, 6.07) is 4.37. The Kier molecular flexibility index (Phi) is 7.66. The molecule has 3 N–H and O–H groups in total. The van der Waals surface area contributed by atoms with E-state index < -0.39 is 40.8 Å². The summed E-state index contributed by atoms with van der Waals surface area (Å²) in [6.45, 7) is 5.13. The molecule has 186 valence electrons. The Morgan fingerprint density at radius 3 is 2.46 bits per heavy atom. The van der Waals surface area contributed by atoms with Gasteiger partial charge in [-0.05, 0) is 41.8 Å². The summed E-state index contributed by atoms with van der Waals surface area (Å²) >= 11 is 7.09. The molecule has 0 bridgehead atoms. The second kappa shape index (κ2) is 10.2. The molecule has 1 aliphatic heterocycles. The summed E-state index contributed by atoms with van der Waals surface area (Å²) in [4.78, 5) is 50.7. The number of hydrogen-bond acceptors (Lipinski definition) is 6. The maximum Gasteiger partial charge on any atom is 0.372 e. The van der Waals surface area contributed by atoms with Crippen molar-refractivity contribution in [1.82, 2.24) is 0 Å². The van der Waals surface area contributed by atoms with E-state index in [2.05, 4.69) is 0 Å². The van der Waals surface area contributed by atoms with Crippen LogP contribution >= 0.6 is 22.9 Å². The number of aliphatic carboxylic acids is 1. The van der Waals surface area contributed by atoms with Gasteiger partial charge in [0.05, 0.1) is 33.7 Å². The summed E-state index contributed by atoms with van der Waals surface area (Å²) < 4.78 is 20.4. The van der Waals surface area contributed by atoms with E-state index in [9.17, 15) is 28.7 Å². The van der Waals surface area contributed by atoms with E-state index in [1.807, 2.05) is 13.8 Å². The molecule has 2 aromatic rings. The molecule has 11 heteroatoms. The number of benzene rings is 1. The second-order valence-corrected chi connectivity index (χ2v) is 9.69. The van der Waals surface area contributed by atoms with Crippen LogP contribution in [0.15, 0.2) is 29.6 Å². The van der Waals surface area contributed by atoms with Crippen LogP contribution in [0.5, 0.6) is 0 Å². The zero-order valence-corrected chi connectivity index (χ0v) is 20.8. The van der Waals surface area contributed by atoms with Gasteiger partial charge >= 0.3 is 12.0 Å². The number of amides is 3. The molecule has 0 saturated carbocycles. The highest BCUT2D eigenvalue weighted by atomic mass is 35.5. The van der Waals surface area contributed by atoms with Gasteiger partial charge < -0.3 is 15.6 Å². The van der Waals surface area contributed by atoms with Crippen molar-refractivity contribution in [1.29, 1.82) is 0 Å². The molecule has 0 radical (unpaired) electrons. The van der Waals surface area contributed by atoms with Crippen molar-refractivity contribution < 1.29 is 33.4 Å². The van der Waals surface area contributed by atoms with Crippen LogP contribution in [0.4, 0.5) is 14.9 Å². The van der Waals surface area contributed by atoms with Crippen LogP contribution in [0.1, 0.15) is 44.1 Å². The topological polar surface area (TPSA) is 127 Å². The molecule has 2 heterocycles. The minimum absolute atomic E-state index is 0.00771. The SMILES string of the molecule is CCC(C)(CC)C(COC(=C1C(=O)N(C(N)=O)c2cc(Cl)c(F)cc21)c1cccs1)C(=O)C(=O)O. The van der Waals surface area contributed by atoms with Crippen LogP contribution < -0.4 is 10.6 Å². The quantitative estimate of drug-likeness (QED) is 0.272. The Balaban J connectivity index is 2.20. The summed E-state index contributed by atoms with van der Waals surface area (Å²) in [7, 11) is 0. The molecule has 0 fully saturated rings. The average Bonchev–Trinajstić information content (AvgIpc) is 3.43. The highest BCUT2D eigenvalue weighted by Crippen LogP contribution is 2.45. The Bertz CT molecular complexity index is 1220. The molecular weight excluding hydrogens is 499 g/mol. The predicted molar refractivity (Wildman–Crippen MR) is 130 cm³/mol. The molecule has 3 amide bonds. The van der Waals surface area contributed by atoms with Crippen molar-refractivity contribution in [3.05, 3.63) is 50.9 Å². The summed E-state index contributed by atoms with van der Waals surface area (Å²) in [6.07, 6.45) is 1.00. The van der Waals surface area contributed by atoms with E-state index in [-0.39, 0.29) is 34.2 Å². The number of thiophene rings is 1. The number of carbonyl (C=O) groups is 4. The van der Waals surface area contributed by atoms with Gasteiger partial charge in [-0.25, -0.2) is 18.9 Å². The van der Waals surface area contributed by atoms with E-state index in [4.69, 9.17) is 22.1 Å². The first-order chi connectivity index (χ1) is 16.5. The Morgan fingerprint density at radius 2 is 1.94 bits per heavy atom. The number of Topliss-reactive ketones (excluding diaryl/α,β-unsaturated/α-hetero) is 1. The Labute approximate surface area is 210 Å². The molecule has 0 spiro atoms. The maximum atomic E-state index is 14.4. The van der Waals surface area contributed by atoms with E-state index in [0.717, 1.165) is 12.1 Å². The zero-order valence-electron chi connectivity index (χ0n) is 19.3. The smallest absolute Gasteiger partial charge is 0.372 e. The Hall–Kier alpha value is -3.24. The largest absolute Gasteiger partial charge is 0.490 e. The maximum absolute atomic E-state index is 14.4. The van der Waals surface area contributed by atoms with Crippen molar-refractivity contribution >= 4 is 63.6 Å². The molecule has 1 aliphatic rings. The highest BCUT2D eigenvalue weighted by molar-refractivity contribution is 7.11. The van der Waals surface area contributed by atoms with Crippen LogP contribution in [0.3, 0.4) is 0 Å². The number of nitrogens with zero attached hydrogens (tertiary/aromatic N) is 1. The first kappa shape index (κ1) is 26.4. The number of halogens is 2. The van der Waals surface area contributed by atoms with Gasteiger partial charge in [-0.1, -0.05) is 38.4 Å². The van der Waals surface area contributed by atoms with Crippen molar-refractivity contribution in [2.75, 3.05) is 11.5 Å². The number of carbonyl (C=O) groups excluding carboxylic acids is 3. The van der Waals surface area contributed by atoms with Crippen LogP contribution in [-0.2, 0) is 19.1 Å². The van der Waals surface area contributed by atoms with E-state index in [0.29, 0.717) is 22.6 Å². The fourth-order valence-corrected chi connectivity index (χ4v) is 4.91. The summed E-state index contributed by atoms with van der Waals surface area (Å²) in [5.74, 6) is -5.33. The molecule has 1 atom stereocenters. The van der Waals surface area contributed by atoms with Crippen LogP contribution in [-0.4, -0.2) is 35.4 Å². The van der Waals surface area contributed by atoms with Gasteiger partial charge in [-0.2, -0.15) is 0 Å². The predicted octanol–water partition coefficient (Wildman–Crippen LogP) is 4.95. The first-order valence-corrected chi connectivity index (χ1v) is 12.0. The molecule has 35 heavy (non-hydrogen) atoms. The van der Waals surface area contributed by atoms with E-state index in [1.54, 1.807) is 24.4 Å². The number of hydrogen-bond donors (Lipinski definition) is 2. The molecule has 1 aromatic carbocycles. The number of nitrogens with two attached hydrogens (primary N) is 1. The number of carboxylic acid groups (broad SMARTS) is 1. The van der Waals surface area contributed by atoms with Crippen molar-refractivity contribution in [3.63, 3.8) is 0 Å². The normalized spacial score (nSPS) is 15.6. The molecule has 3 rings (SSSR count). The number of rotatable bonds is 9. The standard InChI is InChI=1S/C24H24ClFN2O6S/c1-4-24(3,5-2)13(19(29)22(31)32)11-34-20(17-7-6-8-35-17)18-12-9-15(26)14(25)10-16(12)28(21(18)30)23(27)33/h6-10,13H,4-5,11H2,1-3H3,(H2,27,33)(H,31,32). The number of primary amides is 1. The minimum atomic E-state index is -1.59. The third-order valence-corrected chi connectivity index (χ3v) is 7.69. The van der Waals surface area contributed by atoms with Gasteiger partial charge in [0, 0.05) is 5.56 Å². The number of urea groups is 1. The lowest BCUT2D eigenvalue weighted by molar-refractivity contribution is -0.154. The minimum Gasteiger partial charge on any atom is -0.490 e. The van der Waals surface area contributed by atoms with Crippen LogP contribution in [0, 0.1) is 17.2 Å². The van der Waals surface area contributed by atoms with Gasteiger partial charge in [-0.3, -0.25) is 9.59 Å². The summed E-state index contributed by atoms with van der Waals surface area (Å²) in [5, 5.41) is 10.8. The van der Waals surface area contributed by atoms with Crippen molar-refractivity contribution in [2.45, 2.75) is 33.6 Å². The average molecular weight is 523 g/mol. The molecule has 1 unspecified atom stereocenters. The monoisotopic (exact) mass is 522 g/mol. The number of anilines is 1. The third-order valence-electron chi connectivity index (χ3n) is 6.54. The molecule has 0 aliphatic carbocycles. The first-order valence-electron chi connectivity index (χ1n) is 10.8. The number of ether oxygens (including phenoxy) is 1. The van der Waals surface area contributed by atoms with E-state index >= 15 is 0 Å². The molecular formula is C24H24ClFN2O6S. The van der Waals surface area contributed by atoms with Gasteiger partial charge in [0.1, 0.15) is 11.6 Å². The van der Waals surface area contributed by atoms with Crippen molar-refractivity contribution in [2.24, 2.45) is 17.1 Å². The van der Waals surface area contributed by atoms with Crippen LogP contribution in [0.25, 0.3) is 11.3 Å².